The van der Waals surface area contributed by atoms with Crippen LogP contribution in [0.5, 0.6) is 0 Å². The number of rotatable bonds is 1. The molecule has 42 valence electrons. The van der Waals surface area contributed by atoms with Crippen LogP contribution in [0, 0.1) is 11.3 Å². The second kappa shape index (κ2) is 1.48. The fraction of sp³-hybridized carbons (Fsp3) is 1.00. The van der Waals surface area contributed by atoms with E-state index in [1.165, 1.54) is 11.8 Å². The molecule has 0 bridgehead atoms. The first-order valence-corrected chi connectivity index (χ1v) is 3.87. The van der Waals surface area contributed by atoms with Crippen molar-refractivity contribution in [3.8, 4) is 0 Å². The zero-order chi connectivity index (χ0) is 5.49. The molecule has 7 heavy (non-hydrogen) atoms. The van der Waals surface area contributed by atoms with E-state index in [0.717, 1.165) is 5.92 Å². The van der Waals surface area contributed by atoms with E-state index in [-0.39, 0.29) is 0 Å². The highest BCUT2D eigenvalue weighted by molar-refractivity contribution is 9.09. The van der Waals surface area contributed by atoms with E-state index in [0.29, 0.717) is 5.41 Å². The van der Waals surface area contributed by atoms with Crippen LogP contribution in [0.25, 0.3) is 0 Å². The lowest BCUT2D eigenvalue weighted by atomic mass is 10.1. The Morgan fingerprint density at radius 3 is 2.29 bits per heavy atom. The Morgan fingerprint density at radius 1 is 1.86 bits per heavy atom. The van der Waals surface area contributed by atoms with Gasteiger partial charge in [-0.05, 0) is 17.8 Å². The van der Waals surface area contributed by atoms with Crippen molar-refractivity contribution in [2.45, 2.75) is 20.3 Å². The minimum atomic E-state index is 0.667. The van der Waals surface area contributed by atoms with Crippen molar-refractivity contribution in [2.24, 2.45) is 11.3 Å². The summed E-state index contributed by atoms with van der Waals surface area (Å²) in [6.07, 6.45) is 1.41. The van der Waals surface area contributed by atoms with Crippen LogP contribution >= 0.6 is 15.9 Å². The minimum absolute atomic E-state index is 0.667. The quantitative estimate of drug-likeness (QED) is 0.520. The van der Waals surface area contributed by atoms with Gasteiger partial charge in [0.05, 0.1) is 0 Å². The van der Waals surface area contributed by atoms with Crippen LogP contribution in [-0.4, -0.2) is 5.33 Å². The van der Waals surface area contributed by atoms with E-state index in [1.54, 1.807) is 0 Å². The van der Waals surface area contributed by atoms with Crippen LogP contribution in [-0.2, 0) is 0 Å². The standard InChI is InChI=1S/C6H11Br/c1-5-3-6(5,2)4-7/h5H,3-4H2,1-2H3. The van der Waals surface area contributed by atoms with Gasteiger partial charge >= 0.3 is 0 Å². The van der Waals surface area contributed by atoms with Gasteiger partial charge in [-0.25, -0.2) is 0 Å². The first-order valence-electron chi connectivity index (χ1n) is 2.75. The first kappa shape index (κ1) is 5.61. The molecule has 0 N–H and O–H groups in total. The molecule has 0 aliphatic heterocycles. The van der Waals surface area contributed by atoms with E-state index in [4.69, 9.17) is 0 Å². The maximum atomic E-state index is 3.47. The lowest BCUT2D eigenvalue weighted by Gasteiger charge is -1.99. The summed E-state index contributed by atoms with van der Waals surface area (Å²) in [6.45, 7) is 4.63. The fourth-order valence-electron chi connectivity index (χ4n) is 0.827. The van der Waals surface area contributed by atoms with Crippen LogP contribution in [0.15, 0.2) is 0 Å². The molecule has 0 aromatic carbocycles. The minimum Gasteiger partial charge on any atom is -0.0922 e. The van der Waals surface area contributed by atoms with Crippen LogP contribution in [0.4, 0.5) is 0 Å². The van der Waals surface area contributed by atoms with Crippen molar-refractivity contribution in [1.29, 1.82) is 0 Å². The third-order valence-corrected chi connectivity index (χ3v) is 3.39. The summed E-state index contributed by atoms with van der Waals surface area (Å²) in [5.41, 5.74) is 0.667. The summed E-state index contributed by atoms with van der Waals surface area (Å²) in [7, 11) is 0. The third-order valence-electron chi connectivity index (χ3n) is 2.11. The van der Waals surface area contributed by atoms with E-state index in [2.05, 4.69) is 29.8 Å². The van der Waals surface area contributed by atoms with Gasteiger partial charge < -0.3 is 0 Å². The molecule has 2 unspecified atom stereocenters. The van der Waals surface area contributed by atoms with Gasteiger partial charge in [-0.15, -0.1) is 0 Å². The number of hydrogen-bond donors (Lipinski definition) is 0. The molecule has 0 heterocycles. The second-order valence-electron chi connectivity index (χ2n) is 2.89. The maximum Gasteiger partial charge on any atom is 0.00879 e. The summed E-state index contributed by atoms with van der Waals surface area (Å²) in [5, 5.41) is 1.18. The average Bonchev–Trinajstić information content (AvgIpc) is 2.18. The molecule has 1 fully saturated rings. The summed E-state index contributed by atoms with van der Waals surface area (Å²) >= 11 is 3.47. The van der Waals surface area contributed by atoms with Gasteiger partial charge in [0.2, 0.25) is 0 Å². The molecular weight excluding hydrogens is 152 g/mol. The summed E-state index contributed by atoms with van der Waals surface area (Å²) in [4.78, 5) is 0. The Kier molecular flexibility index (Phi) is 1.18. The van der Waals surface area contributed by atoms with Crippen LogP contribution in [0.1, 0.15) is 20.3 Å². The largest absolute Gasteiger partial charge is 0.0922 e. The van der Waals surface area contributed by atoms with E-state index in [9.17, 15) is 0 Å². The van der Waals surface area contributed by atoms with E-state index >= 15 is 0 Å². The molecule has 0 saturated heterocycles. The first-order chi connectivity index (χ1) is 3.19. The molecule has 1 aliphatic rings. The fourth-order valence-corrected chi connectivity index (χ4v) is 1.61. The molecule has 1 rings (SSSR count). The topological polar surface area (TPSA) is 0 Å². The summed E-state index contributed by atoms with van der Waals surface area (Å²) < 4.78 is 0. The molecular formula is C6H11Br. The molecule has 0 radical (unpaired) electrons. The average molecular weight is 163 g/mol. The van der Waals surface area contributed by atoms with Crippen LogP contribution < -0.4 is 0 Å². The second-order valence-corrected chi connectivity index (χ2v) is 3.45. The molecule has 0 nitrogen and oxygen atoms in total. The molecule has 0 aromatic heterocycles. The van der Waals surface area contributed by atoms with Crippen molar-refractivity contribution in [3.63, 3.8) is 0 Å². The highest BCUT2D eigenvalue weighted by Gasteiger charge is 2.45. The Bertz CT molecular complexity index is 76.2. The number of hydrogen-bond acceptors (Lipinski definition) is 0. The molecule has 0 amide bonds. The third kappa shape index (κ3) is 0.835. The Balaban J connectivity index is 2.36. The predicted octanol–water partition coefficient (Wildman–Crippen LogP) is 2.43. The van der Waals surface area contributed by atoms with Crippen molar-refractivity contribution < 1.29 is 0 Å². The molecule has 1 aliphatic carbocycles. The lowest BCUT2D eigenvalue weighted by Crippen LogP contribution is -1.95. The predicted molar refractivity (Wildman–Crippen MR) is 35.7 cm³/mol. The van der Waals surface area contributed by atoms with Gasteiger partial charge in [0.15, 0.2) is 0 Å². The van der Waals surface area contributed by atoms with Crippen LogP contribution in [0.3, 0.4) is 0 Å². The highest BCUT2D eigenvalue weighted by atomic mass is 79.9. The molecule has 0 aromatic rings. The van der Waals surface area contributed by atoms with Crippen molar-refractivity contribution in [3.05, 3.63) is 0 Å². The smallest absolute Gasteiger partial charge is 0.00879 e. The number of halogens is 1. The van der Waals surface area contributed by atoms with Gasteiger partial charge in [-0.3, -0.25) is 0 Å². The molecule has 2 atom stereocenters. The molecule has 0 spiro atoms. The normalized spacial score (nSPS) is 49.3. The van der Waals surface area contributed by atoms with Gasteiger partial charge in [0.25, 0.3) is 0 Å². The van der Waals surface area contributed by atoms with Crippen molar-refractivity contribution in [2.75, 3.05) is 5.33 Å². The Morgan fingerprint density at radius 2 is 2.29 bits per heavy atom. The van der Waals surface area contributed by atoms with Crippen LogP contribution in [0.2, 0.25) is 0 Å². The number of alkyl halides is 1. The zero-order valence-corrected chi connectivity index (χ0v) is 6.46. The van der Waals surface area contributed by atoms with Gasteiger partial charge in [0.1, 0.15) is 0 Å². The highest BCUT2D eigenvalue weighted by Crippen LogP contribution is 2.52. The molecule has 1 saturated carbocycles. The summed E-state index contributed by atoms with van der Waals surface area (Å²) in [5.74, 6) is 0.965. The Hall–Kier alpha value is 0.480. The Labute approximate surface area is 53.4 Å². The van der Waals surface area contributed by atoms with Crippen molar-refractivity contribution in [1.82, 2.24) is 0 Å². The van der Waals surface area contributed by atoms with Gasteiger partial charge in [0, 0.05) is 5.33 Å². The summed E-state index contributed by atoms with van der Waals surface area (Å²) in [6, 6.07) is 0. The van der Waals surface area contributed by atoms with E-state index in [1.807, 2.05) is 0 Å². The van der Waals surface area contributed by atoms with Crippen molar-refractivity contribution >= 4 is 15.9 Å². The van der Waals surface area contributed by atoms with E-state index < -0.39 is 0 Å². The monoisotopic (exact) mass is 162 g/mol. The SMILES string of the molecule is CC1CC1(C)CBr. The van der Waals surface area contributed by atoms with Gasteiger partial charge in [-0.1, -0.05) is 29.8 Å². The lowest BCUT2D eigenvalue weighted by molar-refractivity contribution is 0.602. The van der Waals surface area contributed by atoms with Gasteiger partial charge in [-0.2, -0.15) is 0 Å². The maximum absolute atomic E-state index is 3.47. The zero-order valence-electron chi connectivity index (χ0n) is 4.87. The molecule has 1 heteroatoms.